The van der Waals surface area contributed by atoms with E-state index in [0.717, 1.165) is 18.9 Å². The molecule has 0 saturated heterocycles. The van der Waals surface area contributed by atoms with E-state index < -0.39 is 0 Å². The number of nitrogens with zero attached hydrogens (tertiary/aromatic N) is 1. The van der Waals surface area contributed by atoms with Crippen LogP contribution in [0.2, 0.25) is 0 Å². The van der Waals surface area contributed by atoms with Gasteiger partial charge < -0.3 is 5.32 Å². The predicted molar refractivity (Wildman–Crippen MR) is 82.0 cm³/mol. The first-order chi connectivity index (χ1) is 9.42. The van der Waals surface area contributed by atoms with Crippen molar-refractivity contribution >= 4 is 17.0 Å². The molecule has 1 aliphatic rings. The fourth-order valence-corrected chi connectivity index (χ4v) is 3.71. The van der Waals surface area contributed by atoms with Crippen molar-refractivity contribution in [3.05, 3.63) is 46.4 Å². The minimum absolute atomic E-state index is 0.751. The van der Waals surface area contributed by atoms with E-state index in [2.05, 4.69) is 35.0 Å². The number of hydrogen-bond acceptors (Lipinski definition) is 3. The van der Waals surface area contributed by atoms with Gasteiger partial charge in [0.05, 0.1) is 10.7 Å². The van der Waals surface area contributed by atoms with Crippen molar-refractivity contribution in [3.8, 4) is 0 Å². The Morgan fingerprint density at radius 1 is 1.16 bits per heavy atom. The monoisotopic (exact) mass is 272 g/mol. The lowest BCUT2D eigenvalue weighted by atomic mass is 10.1. The molecule has 2 aromatic rings. The Hall–Kier alpha value is -1.35. The number of nitrogens with one attached hydrogen (secondary N) is 1. The highest BCUT2D eigenvalue weighted by Crippen LogP contribution is 2.35. The maximum Gasteiger partial charge on any atom is 0.0959 e. The lowest BCUT2D eigenvalue weighted by molar-refractivity contribution is 0.711. The maximum atomic E-state index is 4.80. The molecule has 0 aliphatic heterocycles. The van der Waals surface area contributed by atoms with Crippen molar-refractivity contribution in [2.75, 3.05) is 11.9 Å². The van der Waals surface area contributed by atoms with E-state index in [0.29, 0.717) is 0 Å². The Labute approximate surface area is 118 Å². The Kier molecular flexibility index (Phi) is 4.13. The minimum atomic E-state index is 0.751. The molecule has 19 heavy (non-hydrogen) atoms. The molecule has 100 valence electrons. The molecule has 2 nitrogen and oxygen atoms in total. The SMILES string of the molecule is c1ccc(NCCc2csc(C3CCCC3)n2)cc1. The first-order valence-electron chi connectivity index (χ1n) is 7.15. The first kappa shape index (κ1) is 12.7. The van der Waals surface area contributed by atoms with Gasteiger partial charge in [-0.1, -0.05) is 31.0 Å². The van der Waals surface area contributed by atoms with Gasteiger partial charge in [-0.15, -0.1) is 11.3 Å². The smallest absolute Gasteiger partial charge is 0.0959 e. The average molecular weight is 272 g/mol. The molecule has 1 aromatic carbocycles. The zero-order valence-corrected chi connectivity index (χ0v) is 12.0. The summed E-state index contributed by atoms with van der Waals surface area (Å²) in [5, 5.41) is 7.04. The number of benzene rings is 1. The van der Waals surface area contributed by atoms with E-state index in [9.17, 15) is 0 Å². The van der Waals surface area contributed by atoms with E-state index in [1.54, 1.807) is 0 Å². The molecule has 1 heterocycles. The van der Waals surface area contributed by atoms with Crippen LogP contribution >= 0.6 is 11.3 Å². The molecule has 3 heteroatoms. The molecule has 1 aliphatic carbocycles. The van der Waals surface area contributed by atoms with Gasteiger partial charge in [-0.2, -0.15) is 0 Å². The van der Waals surface area contributed by atoms with Crippen LogP contribution in [0.1, 0.15) is 42.3 Å². The summed E-state index contributed by atoms with van der Waals surface area (Å²) in [7, 11) is 0. The Bertz CT molecular complexity index is 500. The number of hydrogen-bond donors (Lipinski definition) is 1. The number of thiazole rings is 1. The maximum absolute atomic E-state index is 4.80. The predicted octanol–water partition coefficient (Wildman–Crippen LogP) is 4.46. The molecule has 1 fully saturated rings. The Balaban J connectivity index is 1.50. The molecule has 1 aromatic heterocycles. The van der Waals surface area contributed by atoms with E-state index in [1.165, 1.54) is 42.1 Å². The third-order valence-electron chi connectivity index (χ3n) is 3.76. The highest BCUT2D eigenvalue weighted by molar-refractivity contribution is 7.09. The van der Waals surface area contributed by atoms with Crippen LogP contribution in [0.3, 0.4) is 0 Å². The summed E-state index contributed by atoms with van der Waals surface area (Å²) in [4.78, 5) is 4.80. The molecule has 1 N–H and O–H groups in total. The molecule has 0 radical (unpaired) electrons. The molecule has 0 amide bonds. The van der Waals surface area contributed by atoms with Gasteiger partial charge in [0.15, 0.2) is 0 Å². The van der Waals surface area contributed by atoms with Gasteiger partial charge in [-0.25, -0.2) is 4.98 Å². The van der Waals surface area contributed by atoms with Crippen LogP contribution < -0.4 is 5.32 Å². The van der Waals surface area contributed by atoms with Crippen LogP contribution in [-0.2, 0) is 6.42 Å². The highest BCUT2D eigenvalue weighted by atomic mass is 32.1. The molecule has 0 unspecified atom stereocenters. The second-order valence-corrected chi connectivity index (χ2v) is 6.09. The minimum Gasteiger partial charge on any atom is -0.385 e. The number of para-hydroxylation sites is 1. The van der Waals surface area contributed by atoms with Crippen LogP contribution in [0.25, 0.3) is 0 Å². The molecule has 3 rings (SSSR count). The topological polar surface area (TPSA) is 24.9 Å². The van der Waals surface area contributed by atoms with Gasteiger partial charge in [0.2, 0.25) is 0 Å². The second kappa shape index (κ2) is 6.20. The summed E-state index contributed by atoms with van der Waals surface area (Å²) in [6, 6.07) is 10.4. The summed E-state index contributed by atoms with van der Waals surface area (Å²) >= 11 is 1.85. The number of aromatic nitrogens is 1. The van der Waals surface area contributed by atoms with Crippen LogP contribution in [0.5, 0.6) is 0 Å². The molecular formula is C16H20N2S. The largest absolute Gasteiger partial charge is 0.385 e. The van der Waals surface area contributed by atoms with Crippen LogP contribution in [0.4, 0.5) is 5.69 Å². The van der Waals surface area contributed by atoms with Gasteiger partial charge >= 0.3 is 0 Å². The zero-order chi connectivity index (χ0) is 12.9. The van der Waals surface area contributed by atoms with Crippen molar-refractivity contribution in [1.29, 1.82) is 0 Å². The van der Waals surface area contributed by atoms with E-state index in [1.807, 2.05) is 17.4 Å². The van der Waals surface area contributed by atoms with Crippen molar-refractivity contribution < 1.29 is 0 Å². The standard InChI is InChI=1S/C16H20N2S/c1-2-8-14(9-3-1)17-11-10-15-12-19-16(18-15)13-6-4-5-7-13/h1-3,8-9,12-13,17H,4-7,10-11H2. The van der Waals surface area contributed by atoms with E-state index >= 15 is 0 Å². The van der Waals surface area contributed by atoms with Crippen molar-refractivity contribution in [2.45, 2.75) is 38.0 Å². The van der Waals surface area contributed by atoms with Crippen molar-refractivity contribution in [3.63, 3.8) is 0 Å². The van der Waals surface area contributed by atoms with Gasteiger partial charge in [-0.3, -0.25) is 0 Å². The number of rotatable bonds is 5. The molecule has 0 atom stereocenters. The van der Waals surface area contributed by atoms with Crippen LogP contribution in [-0.4, -0.2) is 11.5 Å². The lowest BCUT2D eigenvalue weighted by Gasteiger charge is -2.05. The Morgan fingerprint density at radius 2 is 1.95 bits per heavy atom. The molecular weight excluding hydrogens is 252 g/mol. The first-order valence-corrected chi connectivity index (χ1v) is 8.03. The van der Waals surface area contributed by atoms with Crippen LogP contribution in [0.15, 0.2) is 35.7 Å². The second-order valence-electron chi connectivity index (χ2n) is 5.20. The summed E-state index contributed by atoms with van der Waals surface area (Å²) in [6.45, 7) is 0.956. The quantitative estimate of drug-likeness (QED) is 0.869. The summed E-state index contributed by atoms with van der Waals surface area (Å²) in [6.07, 6.45) is 6.47. The van der Waals surface area contributed by atoms with Crippen molar-refractivity contribution in [2.24, 2.45) is 0 Å². The zero-order valence-electron chi connectivity index (χ0n) is 11.1. The normalized spacial score (nSPS) is 15.8. The van der Waals surface area contributed by atoms with Gasteiger partial charge in [-0.05, 0) is 25.0 Å². The van der Waals surface area contributed by atoms with Gasteiger partial charge in [0, 0.05) is 30.0 Å². The van der Waals surface area contributed by atoms with Gasteiger partial charge in [0.25, 0.3) is 0 Å². The lowest BCUT2D eigenvalue weighted by Crippen LogP contribution is -2.05. The average Bonchev–Trinajstić information content (AvgIpc) is 3.10. The molecule has 1 saturated carbocycles. The fraction of sp³-hybridized carbons (Fsp3) is 0.438. The summed E-state index contributed by atoms with van der Waals surface area (Å²) in [5.41, 5.74) is 2.43. The highest BCUT2D eigenvalue weighted by Gasteiger charge is 2.19. The van der Waals surface area contributed by atoms with E-state index in [-0.39, 0.29) is 0 Å². The van der Waals surface area contributed by atoms with Crippen molar-refractivity contribution in [1.82, 2.24) is 4.98 Å². The van der Waals surface area contributed by atoms with Crippen LogP contribution in [0, 0.1) is 0 Å². The third kappa shape index (κ3) is 3.35. The summed E-state index contributed by atoms with van der Waals surface area (Å²) < 4.78 is 0. The fourth-order valence-electron chi connectivity index (χ4n) is 2.69. The summed E-state index contributed by atoms with van der Waals surface area (Å²) in [5.74, 6) is 0.751. The number of anilines is 1. The Morgan fingerprint density at radius 3 is 2.74 bits per heavy atom. The third-order valence-corrected chi connectivity index (χ3v) is 4.81. The molecule has 0 bridgehead atoms. The van der Waals surface area contributed by atoms with Gasteiger partial charge in [0.1, 0.15) is 0 Å². The van der Waals surface area contributed by atoms with E-state index in [4.69, 9.17) is 4.98 Å². The molecule has 0 spiro atoms.